The molecule has 52 heavy (non-hydrogen) atoms. The maximum Gasteiger partial charge on any atom is 0.306 e. The van der Waals surface area contributed by atoms with Crippen molar-refractivity contribution in [3.63, 3.8) is 0 Å². The van der Waals surface area contributed by atoms with Crippen molar-refractivity contribution in [2.75, 3.05) is 6.54 Å². The number of carbonyl (C=O) groups excluding carboxylic acids is 2. The molecule has 0 aromatic heterocycles. The van der Waals surface area contributed by atoms with Crippen molar-refractivity contribution < 1.29 is 24.2 Å². The van der Waals surface area contributed by atoms with Gasteiger partial charge in [0, 0.05) is 28.8 Å². The van der Waals surface area contributed by atoms with E-state index in [0.29, 0.717) is 30.0 Å². The molecule has 1 aromatic carbocycles. The lowest BCUT2D eigenvalue weighted by atomic mass is 9.33. The molecule has 0 aliphatic heterocycles. The number of rotatable bonds is 11. The maximum absolute atomic E-state index is 14.0. The van der Waals surface area contributed by atoms with E-state index in [-0.39, 0.29) is 57.9 Å². The van der Waals surface area contributed by atoms with Crippen molar-refractivity contribution in [1.82, 2.24) is 5.32 Å². The van der Waals surface area contributed by atoms with Crippen molar-refractivity contribution in [3.8, 4) is 0 Å². The first-order valence-corrected chi connectivity index (χ1v) is 20.7. The summed E-state index contributed by atoms with van der Waals surface area (Å²) in [5.41, 5.74) is 3.48. The molecule has 4 saturated carbocycles. The van der Waals surface area contributed by atoms with Gasteiger partial charge in [-0.05, 0) is 133 Å². The van der Waals surface area contributed by atoms with Crippen LogP contribution in [0.15, 0.2) is 35.4 Å². The monoisotopic (exact) mass is 735 g/mol. The SMILES string of the molecule is CC(C)C1=C2[C@H]3CCC4[C@@]5(C)CC[C@H](OC(=O)CC(C)(C)CC(=O)O)C(C)(C)C5CC[C@@]4(C)[C@]3(C)CC[C@@]2(CCNCc2ccc(Cl)cc2)CC1=O. The molecule has 0 amide bonds. The average molecular weight is 736 g/mol. The minimum Gasteiger partial charge on any atom is -0.481 e. The molecule has 6 nitrogen and oxygen atoms in total. The Morgan fingerprint density at radius 1 is 0.923 bits per heavy atom. The molecule has 2 unspecified atom stereocenters. The lowest BCUT2D eigenvalue weighted by Gasteiger charge is -2.72. The molecule has 5 aliphatic rings. The molecule has 288 valence electrons. The van der Waals surface area contributed by atoms with E-state index in [4.69, 9.17) is 16.3 Å². The Hall–Kier alpha value is -2.18. The molecule has 0 spiro atoms. The number of hydrogen-bond acceptors (Lipinski definition) is 5. The lowest BCUT2D eigenvalue weighted by Crippen LogP contribution is -2.65. The third-order valence-electron chi connectivity index (χ3n) is 16.1. The quantitative estimate of drug-likeness (QED) is 0.174. The molecule has 6 rings (SSSR count). The van der Waals surface area contributed by atoms with E-state index in [1.165, 1.54) is 18.4 Å². The molecular weight excluding hydrogens is 670 g/mol. The second kappa shape index (κ2) is 13.8. The molecule has 0 saturated heterocycles. The van der Waals surface area contributed by atoms with Crippen LogP contribution >= 0.6 is 11.6 Å². The third kappa shape index (κ3) is 6.62. The number of nitrogens with one attached hydrogen (secondary N) is 1. The number of fused-ring (bicyclic) bond motifs is 7. The molecular formula is C45H66ClNO5. The topological polar surface area (TPSA) is 92.7 Å². The van der Waals surface area contributed by atoms with Crippen LogP contribution in [0.3, 0.4) is 0 Å². The molecule has 0 heterocycles. The fourth-order valence-corrected chi connectivity index (χ4v) is 13.6. The highest BCUT2D eigenvalue weighted by atomic mass is 35.5. The first-order valence-electron chi connectivity index (χ1n) is 20.3. The molecule has 0 radical (unpaired) electrons. The van der Waals surface area contributed by atoms with E-state index in [0.717, 1.165) is 68.6 Å². The van der Waals surface area contributed by atoms with E-state index in [1.807, 2.05) is 26.0 Å². The predicted molar refractivity (Wildman–Crippen MR) is 208 cm³/mol. The molecule has 2 N–H and O–H groups in total. The summed E-state index contributed by atoms with van der Waals surface area (Å²) in [5, 5.41) is 13.8. The second-order valence-corrected chi connectivity index (χ2v) is 20.7. The number of esters is 1. The first kappa shape index (κ1) is 39.5. The Kier molecular flexibility index (Phi) is 10.5. The van der Waals surface area contributed by atoms with E-state index in [1.54, 1.807) is 5.57 Å². The van der Waals surface area contributed by atoms with Gasteiger partial charge in [-0.25, -0.2) is 0 Å². The Labute approximate surface area is 318 Å². The Morgan fingerprint density at radius 3 is 2.27 bits per heavy atom. The number of benzene rings is 1. The van der Waals surface area contributed by atoms with Gasteiger partial charge in [-0.3, -0.25) is 14.4 Å². The summed E-state index contributed by atoms with van der Waals surface area (Å²) in [6.45, 7) is 22.3. The van der Waals surface area contributed by atoms with Crippen LogP contribution in [0.4, 0.5) is 0 Å². The number of aliphatic carboxylic acids is 1. The standard InChI is InChI=1S/C45H66ClNO5/c1-28(2)38-32(48)24-45(22-23-47-27-29-10-12-30(46)13-11-29)21-20-43(8)31(39(38)45)14-15-34-42(7)18-17-35(41(5,6)33(42)16-19-44(34,43)9)52-37(51)26-40(3,4)25-36(49)50/h10-13,28,31,33-35,47H,14-27H2,1-9H3,(H,49,50)/t31-,33?,34?,35+,42+,43-,44-,45-/m1/s1. The number of Topliss-reactive ketones (excluding diaryl/α,β-unsaturated/α-hetero) is 1. The molecule has 4 fully saturated rings. The number of allylic oxidation sites excluding steroid dienone is 2. The van der Waals surface area contributed by atoms with Crippen LogP contribution < -0.4 is 5.32 Å². The van der Waals surface area contributed by atoms with Gasteiger partial charge in [0.25, 0.3) is 0 Å². The first-order chi connectivity index (χ1) is 24.2. The summed E-state index contributed by atoms with van der Waals surface area (Å²) in [4.78, 5) is 38.6. The van der Waals surface area contributed by atoms with E-state index in [2.05, 4.69) is 65.9 Å². The molecule has 5 aliphatic carbocycles. The van der Waals surface area contributed by atoms with Crippen molar-refractivity contribution >= 4 is 29.3 Å². The van der Waals surface area contributed by atoms with Crippen LogP contribution in [0.1, 0.15) is 145 Å². The Bertz CT molecular complexity index is 1590. The zero-order valence-corrected chi connectivity index (χ0v) is 34.3. The van der Waals surface area contributed by atoms with Crippen molar-refractivity contribution in [2.45, 2.75) is 152 Å². The van der Waals surface area contributed by atoms with Crippen molar-refractivity contribution in [1.29, 1.82) is 0 Å². The van der Waals surface area contributed by atoms with Crippen molar-refractivity contribution in [2.24, 2.45) is 56.2 Å². The minimum atomic E-state index is -0.887. The maximum atomic E-state index is 14.0. The number of ether oxygens (including phenoxy) is 1. The van der Waals surface area contributed by atoms with Crippen LogP contribution in [0.2, 0.25) is 5.02 Å². The third-order valence-corrected chi connectivity index (χ3v) is 16.3. The Balaban J connectivity index is 1.22. The van der Waals surface area contributed by atoms with E-state index >= 15 is 0 Å². The van der Waals surface area contributed by atoms with Crippen LogP contribution in [0.5, 0.6) is 0 Å². The van der Waals surface area contributed by atoms with Crippen LogP contribution in [-0.2, 0) is 25.7 Å². The number of carboxylic acids is 1. The zero-order chi connectivity index (χ0) is 38.1. The van der Waals surface area contributed by atoms with Crippen LogP contribution in [0, 0.1) is 56.2 Å². The zero-order valence-electron chi connectivity index (χ0n) is 33.6. The fraction of sp³-hybridized carbons (Fsp3) is 0.756. The molecule has 8 atom stereocenters. The van der Waals surface area contributed by atoms with Gasteiger partial charge in [0.2, 0.25) is 0 Å². The summed E-state index contributed by atoms with van der Waals surface area (Å²) in [7, 11) is 0. The lowest BCUT2D eigenvalue weighted by molar-refractivity contribution is -0.233. The van der Waals surface area contributed by atoms with Gasteiger partial charge in [-0.2, -0.15) is 0 Å². The molecule has 1 aromatic rings. The number of carbonyl (C=O) groups is 3. The predicted octanol–water partition coefficient (Wildman–Crippen LogP) is 10.6. The normalized spacial score (nSPS) is 36.9. The highest BCUT2D eigenvalue weighted by Gasteiger charge is 2.70. The smallest absolute Gasteiger partial charge is 0.306 e. The van der Waals surface area contributed by atoms with Gasteiger partial charge in [0.05, 0.1) is 12.8 Å². The fourth-order valence-electron chi connectivity index (χ4n) is 13.5. The summed E-state index contributed by atoms with van der Waals surface area (Å²) in [6, 6.07) is 8.07. The van der Waals surface area contributed by atoms with E-state index in [9.17, 15) is 19.5 Å². The summed E-state index contributed by atoms with van der Waals surface area (Å²) >= 11 is 6.12. The minimum absolute atomic E-state index is 0.0406. The molecule has 0 bridgehead atoms. The largest absolute Gasteiger partial charge is 0.481 e. The van der Waals surface area contributed by atoms with Gasteiger partial charge in [-0.15, -0.1) is 0 Å². The van der Waals surface area contributed by atoms with E-state index < -0.39 is 11.4 Å². The van der Waals surface area contributed by atoms with Gasteiger partial charge in [0.15, 0.2) is 5.78 Å². The number of ketones is 1. The van der Waals surface area contributed by atoms with Gasteiger partial charge in [0.1, 0.15) is 6.10 Å². The van der Waals surface area contributed by atoms with Crippen LogP contribution in [0.25, 0.3) is 0 Å². The second-order valence-electron chi connectivity index (χ2n) is 20.3. The highest BCUT2D eigenvalue weighted by Crippen LogP contribution is 2.77. The number of carboxylic acid groups (broad SMARTS) is 1. The highest BCUT2D eigenvalue weighted by molar-refractivity contribution is 6.30. The Morgan fingerprint density at radius 2 is 1.62 bits per heavy atom. The summed E-state index contributed by atoms with van der Waals surface area (Å²) in [6.07, 6.45) is 10.3. The van der Waals surface area contributed by atoms with Crippen LogP contribution in [-0.4, -0.2) is 35.5 Å². The van der Waals surface area contributed by atoms with Gasteiger partial charge in [-0.1, -0.05) is 91.6 Å². The molecule has 7 heteroatoms. The summed E-state index contributed by atoms with van der Waals surface area (Å²) in [5.74, 6) is 0.915. The number of halogens is 1. The average Bonchev–Trinajstić information content (AvgIpc) is 3.33. The van der Waals surface area contributed by atoms with Crippen molar-refractivity contribution in [3.05, 3.63) is 46.0 Å². The summed E-state index contributed by atoms with van der Waals surface area (Å²) < 4.78 is 6.28. The van der Waals surface area contributed by atoms with Gasteiger partial charge >= 0.3 is 11.9 Å². The number of hydrogen-bond donors (Lipinski definition) is 2. The van der Waals surface area contributed by atoms with Gasteiger partial charge < -0.3 is 15.2 Å².